The SMILES string of the molecule is N#C/C(=C/c1ccc(/C=C/c2ccc(N(c3ccccc3)c3cc4ccc5cccc6ccc(c3)c4c56)cc2)cc1)C(=O)O. The Labute approximate surface area is 255 Å². The van der Waals surface area contributed by atoms with Gasteiger partial charge in [-0.2, -0.15) is 5.26 Å². The van der Waals surface area contributed by atoms with Gasteiger partial charge in [0.2, 0.25) is 0 Å². The van der Waals surface area contributed by atoms with E-state index in [1.807, 2.05) is 30.4 Å². The molecule has 7 aromatic carbocycles. The average Bonchev–Trinajstić information content (AvgIpc) is 3.06. The number of nitrogens with zero attached hydrogens (tertiary/aromatic N) is 2. The van der Waals surface area contributed by atoms with Crippen molar-refractivity contribution in [3.8, 4) is 6.07 Å². The van der Waals surface area contributed by atoms with Gasteiger partial charge in [-0.3, -0.25) is 0 Å². The third-order valence-corrected chi connectivity index (χ3v) is 7.94. The van der Waals surface area contributed by atoms with Crippen LogP contribution < -0.4 is 4.90 Å². The summed E-state index contributed by atoms with van der Waals surface area (Å²) in [6, 6.07) is 48.0. The number of para-hydroxylation sites is 1. The summed E-state index contributed by atoms with van der Waals surface area (Å²) < 4.78 is 0. The molecule has 208 valence electrons. The number of carboxylic acid groups (broad SMARTS) is 1. The highest BCUT2D eigenvalue weighted by Gasteiger charge is 2.16. The molecule has 0 atom stereocenters. The van der Waals surface area contributed by atoms with E-state index in [0.717, 1.165) is 28.2 Å². The predicted molar refractivity (Wildman–Crippen MR) is 181 cm³/mol. The molecule has 0 radical (unpaired) electrons. The van der Waals surface area contributed by atoms with Crippen LogP contribution in [0.2, 0.25) is 0 Å². The summed E-state index contributed by atoms with van der Waals surface area (Å²) in [7, 11) is 0. The van der Waals surface area contributed by atoms with Gasteiger partial charge in [-0.05, 0) is 91.5 Å². The van der Waals surface area contributed by atoms with E-state index >= 15 is 0 Å². The molecule has 0 amide bonds. The molecule has 1 N–H and O–H groups in total. The number of carboxylic acids is 1. The molecule has 4 nitrogen and oxygen atoms in total. The first-order valence-electron chi connectivity index (χ1n) is 14.3. The van der Waals surface area contributed by atoms with Gasteiger partial charge in [0.1, 0.15) is 11.6 Å². The first kappa shape index (κ1) is 26.7. The Kier molecular flexibility index (Phi) is 6.82. The van der Waals surface area contributed by atoms with Gasteiger partial charge in [-0.1, -0.05) is 109 Å². The van der Waals surface area contributed by atoms with Crippen LogP contribution in [-0.4, -0.2) is 11.1 Å². The van der Waals surface area contributed by atoms with Crippen LogP contribution in [0.5, 0.6) is 0 Å². The van der Waals surface area contributed by atoms with Crippen LogP contribution in [0.25, 0.3) is 50.5 Å². The van der Waals surface area contributed by atoms with Crippen molar-refractivity contribution in [2.24, 2.45) is 0 Å². The van der Waals surface area contributed by atoms with E-state index in [9.17, 15) is 4.79 Å². The van der Waals surface area contributed by atoms with Crippen LogP contribution in [0.3, 0.4) is 0 Å². The fraction of sp³-hybridized carbons (Fsp3) is 0. The molecule has 0 unspecified atom stereocenters. The number of aliphatic carboxylic acids is 1. The summed E-state index contributed by atoms with van der Waals surface area (Å²) >= 11 is 0. The number of carbonyl (C=O) groups is 1. The maximum absolute atomic E-state index is 11.1. The molecule has 0 spiro atoms. The van der Waals surface area contributed by atoms with Crippen molar-refractivity contribution in [2.75, 3.05) is 4.90 Å². The maximum Gasteiger partial charge on any atom is 0.346 e. The van der Waals surface area contributed by atoms with Crippen LogP contribution in [0.15, 0.2) is 139 Å². The largest absolute Gasteiger partial charge is 0.477 e. The van der Waals surface area contributed by atoms with E-state index in [-0.39, 0.29) is 5.57 Å². The van der Waals surface area contributed by atoms with Gasteiger partial charge in [0.25, 0.3) is 0 Å². The van der Waals surface area contributed by atoms with Gasteiger partial charge in [0.15, 0.2) is 0 Å². The molecule has 0 saturated carbocycles. The second-order valence-corrected chi connectivity index (χ2v) is 10.7. The van der Waals surface area contributed by atoms with Crippen molar-refractivity contribution in [1.82, 2.24) is 0 Å². The Morgan fingerprint density at radius 2 is 1.07 bits per heavy atom. The van der Waals surface area contributed by atoms with Crippen molar-refractivity contribution in [3.05, 3.63) is 156 Å². The van der Waals surface area contributed by atoms with Gasteiger partial charge in [-0.15, -0.1) is 0 Å². The molecule has 0 saturated heterocycles. The van der Waals surface area contributed by atoms with Crippen molar-refractivity contribution in [3.63, 3.8) is 0 Å². The minimum Gasteiger partial charge on any atom is -0.477 e. The zero-order valence-electron chi connectivity index (χ0n) is 23.7. The normalized spacial score (nSPS) is 11.8. The summed E-state index contributed by atoms with van der Waals surface area (Å²) in [5.41, 5.74) is 5.64. The molecule has 0 aliphatic rings. The molecule has 7 rings (SSSR count). The number of rotatable bonds is 7. The van der Waals surface area contributed by atoms with Crippen LogP contribution in [0.4, 0.5) is 17.1 Å². The standard InChI is InChI=1S/C40H26N2O2/c41-26-34(40(43)44)23-29-13-11-27(12-14-29)9-10-28-15-21-36(22-16-28)42(35-7-2-1-3-8-35)37-24-32-19-17-30-5-4-6-31-18-20-33(25-37)39(32)38(30)31/h1-25H,(H,43,44)/b10-9+,34-23-. The second-order valence-electron chi connectivity index (χ2n) is 10.7. The fourth-order valence-corrected chi connectivity index (χ4v) is 5.83. The van der Waals surface area contributed by atoms with Crippen molar-refractivity contribution < 1.29 is 9.90 Å². The molecular weight excluding hydrogens is 540 g/mol. The van der Waals surface area contributed by atoms with Crippen LogP contribution in [-0.2, 0) is 4.79 Å². The molecule has 7 aromatic rings. The van der Waals surface area contributed by atoms with E-state index in [4.69, 9.17) is 10.4 Å². The predicted octanol–water partition coefficient (Wildman–Crippen LogP) is 10.2. The van der Waals surface area contributed by atoms with Crippen molar-refractivity contribution in [2.45, 2.75) is 0 Å². The van der Waals surface area contributed by atoms with Gasteiger partial charge < -0.3 is 10.0 Å². The highest BCUT2D eigenvalue weighted by atomic mass is 16.4. The number of anilines is 3. The zero-order valence-corrected chi connectivity index (χ0v) is 23.7. The lowest BCUT2D eigenvalue weighted by atomic mass is 9.93. The quantitative estimate of drug-likeness (QED) is 0.0902. The Morgan fingerprint density at radius 3 is 1.64 bits per heavy atom. The summed E-state index contributed by atoms with van der Waals surface area (Å²) in [5, 5.41) is 25.6. The van der Waals surface area contributed by atoms with Crippen molar-refractivity contribution in [1.29, 1.82) is 5.26 Å². The number of nitriles is 1. The summed E-state index contributed by atoms with van der Waals surface area (Å²) in [6.07, 6.45) is 5.43. The smallest absolute Gasteiger partial charge is 0.346 e. The highest BCUT2D eigenvalue weighted by Crippen LogP contribution is 2.41. The van der Waals surface area contributed by atoms with Gasteiger partial charge in [-0.25, -0.2) is 4.79 Å². The molecule has 0 bridgehead atoms. The Hall–Kier alpha value is -6.18. The molecule has 4 heteroatoms. The van der Waals surface area contributed by atoms with Gasteiger partial charge >= 0.3 is 5.97 Å². The molecule has 0 aromatic heterocycles. The maximum atomic E-state index is 11.1. The molecule has 0 fully saturated rings. The minimum absolute atomic E-state index is 0.292. The van der Waals surface area contributed by atoms with Gasteiger partial charge in [0.05, 0.1) is 0 Å². The summed E-state index contributed by atoms with van der Waals surface area (Å²) in [6.45, 7) is 0. The average molecular weight is 567 g/mol. The Morgan fingerprint density at radius 1 is 0.568 bits per heavy atom. The first-order valence-corrected chi connectivity index (χ1v) is 14.3. The highest BCUT2D eigenvalue weighted by molar-refractivity contribution is 6.23. The van der Waals surface area contributed by atoms with E-state index in [2.05, 4.69) is 108 Å². The van der Waals surface area contributed by atoms with Crippen LogP contribution in [0, 0.1) is 11.3 Å². The third kappa shape index (κ3) is 5.04. The monoisotopic (exact) mass is 566 g/mol. The number of hydrogen-bond donors (Lipinski definition) is 1. The first-order chi connectivity index (χ1) is 21.6. The number of hydrogen-bond acceptors (Lipinski definition) is 3. The molecule has 0 aliphatic carbocycles. The molecule has 0 heterocycles. The zero-order chi connectivity index (χ0) is 30.0. The molecule has 44 heavy (non-hydrogen) atoms. The van der Waals surface area contributed by atoms with E-state index in [0.29, 0.717) is 5.56 Å². The van der Waals surface area contributed by atoms with Crippen LogP contribution >= 0.6 is 0 Å². The lowest BCUT2D eigenvalue weighted by Gasteiger charge is -2.26. The van der Waals surface area contributed by atoms with Crippen LogP contribution in [0.1, 0.15) is 16.7 Å². The Balaban J connectivity index is 1.22. The number of benzene rings is 7. The summed E-state index contributed by atoms with van der Waals surface area (Å²) in [5.74, 6) is -1.23. The lowest BCUT2D eigenvalue weighted by molar-refractivity contribution is -0.132. The third-order valence-electron chi connectivity index (χ3n) is 7.94. The van der Waals surface area contributed by atoms with Gasteiger partial charge in [0, 0.05) is 17.1 Å². The second kappa shape index (κ2) is 11.2. The lowest BCUT2D eigenvalue weighted by Crippen LogP contribution is -2.09. The summed E-state index contributed by atoms with van der Waals surface area (Å²) in [4.78, 5) is 13.4. The Bertz CT molecular complexity index is 2180. The van der Waals surface area contributed by atoms with E-state index in [1.54, 1.807) is 18.2 Å². The van der Waals surface area contributed by atoms with E-state index in [1.165, 1.54) is 38.4 Å². The fourth-order valence-electron chi connectivity index (χ4n) is 5.83. The van der Waals surface area contributed by atoms with Crippen molar-refractivity contribution >= 4 is 73.6 Å². The molecule has 0 aliphatic heterocycles. The topological polar surface area (TPSA) is 64.3 Å². The van der Waals surface area contributed by atoms with E-state index < -0.39 is 5.97 Å². The minimum atomic E-state index is -1.23. The molecular formula is C40H26N2O2.